The molecule has 2 aromatic rings. The molecular formula is C22H23NO5S. The van der Waals surface area contributed by atoms with Crippen molar-refractivity contribution in [1.29, 1.82) is 0 Å². The highest BCUT2D eigenvalue weighted by Gasteiger charge is 2.43. The molecule has 1 unspecified atom stereocenters. The van der Waals surface area contributed by atoms with Gasteiger partial charge < -0.3 is 15.2 Å². The van der Waals surface area contributed by atoms with Gasteiger partial charge in [-0.1, -0.05) is 56.3 Å². The molecule has 2 heterocycles. The molecule has 0 saturated heterocycles. The number of carboxylic acids is 1. The highest BCUT2D eigenvalue weighted by molar-refractivity contribution is 7.95. The van der Waals surface area contributed by atoms with Gasteiger partial charge in [0, 0.05) is 5.70 Å². The Morgan fingerprint density at radius 1 is 1.07 bits per heavy atom. The molecule has 152 valence electrons. The minimum Gasteiger partial charge on any atom is -0.486 e. The van der Waals surface area contributed by atoms with Crippen molar-refractivity contribution in [1.82, 2.24) is 5.32 Å². The molecule has 0 fully saturated rings. The summed E-state index contributed by atoms with van der Waals surface area (Å²) in [5.41, 5.74) is 1.39. The normalized spacial score (nSPS) is 19.5. The highest BCUT2D eigenvalue weighted by atomic mass is 32.2. The van der Waals surface area contributed by atoms with Gasteiger partial charge in [0.15, 0.2) is 0 Å². The van der Waals surface area contributed by atoms with E-state index in [2.05, 4.69) is 5.32 Å². The van der Waals surface area contributed by atoms with Crippen LogP contribution in [0, 0.1) is 0 Å². The maximum Gasteiger partial charge on any atom is 0.334 e. The average molecular weight is 413 g/mol. The number of rotatable bonds is 2. The molecule has 0 bridgehead atoms. The van der Waals surface area contributed by atoms with Crippen molar-refractivity contribution < 1.29 is 23.1 Å². The Kier molecular flexibility index (Phi) is 5.79. The van der Waals surface area contributed by atoms with Gasteiger partial charge in [-0.15, -0.1) is 0 Å². The zero-order valence-electron chi connectivity index (χ0n) is 16.5. The molecule has 0 amide bonds. The van der Waals surface area contributed by atoms with Gasteiger partial charge in [0.25, 0.3) is 0 Å². The van der Waals surface area contributed by atoms with Gasteiger partial charge in [0.2, 0.25) is 9.84 Å². The molecule has 0 saturated carbocycles. The molecule has 2 aliphatic rings. The van der Waals surface area contributed by atoms with Crippen LogP contribution in [0.1, 0.15) is 32.3 Å². The van der Waals surface area contributed by atoms with E-state index in [0.717, 1.165) is 0 Å². The Bertz CT molecular complexity index is 1100. The number of para-hydroxylation sites is 1. The van der Waals surface area contributed by atoms with Crippen molar-refractivity contribution in [3.8, 4) is 5.75 Å². The summed E-state index contributed by atoms with van der Waals surface area (Å²) in [6, 6.07) is 15.2. The van der Waals surface area contributed by atoms with E-state index in [-0.39, 0.29) is 27.7 Å². The first-order chi connectivity index (χ1) is 13.9. The number of hydrogen-bond donors (Lipinski definition) is 2. The molecule has 0 aromatic heterocycles. The first-order valence-electron chi connectivity index (χ1n) is 9.37. The number of dihydropyridines is 1. The third kappa shape index (κ3) is 3.53. The topological polar surface area (TPSA) is 92.7 Å². The number of sulfone groups is 1. The van der Waals surface area contributed by atoms with Crippen molar-refractivity contribution in [2.75, 3.05) is 6.61 Å². The molecule has 0 radical (unpaired) electrons. The molecule has 2 aromatic carbocycles. The van der Waals surface area contributed by atoms with Crippen LogP contribution in [0.25, 0.3) is 0 Å². The van der Waals surface area contributed by atoms with Crippen molar-refractivity contribution in [3.63, 3.8) is 0 Å². The summed E-state index contributed by atoms with van der Waals surface area (Å²) in [7, 11) is -3.97. The molecule has 0 spiro atoms. The van der Waals surface area contributed by atoms with Gasteiger partial charge in [0.05, 0.1) is 22.1 Å². The zero-order chi connectivity index (χ0) is 21.2. The van der Waals surface area contributed by atoms with Gasteiger partial charge >= 0.3 is 5.97 Å². The van der Waals surface area contributed by atoms with Crippen LogP contribution >= 0.6 is 0 Å². The van der Waals surface area contributed by atoms with E-state index in [9.17, 15) is 18.3 Å². The number of hydrogen-bond acceptors (Lipinski definition) is 5. The lowest BCUT2D eigenvalue weighted by Crippen LogP contribution is -2.33. The predicted molar refractivity (Wildman–Crippen MR) is 110 cm³/mol. The number of nitrogens with one attached hydrogen (secondary N) is 1. The molecule has 2 N–H and O–H groups in total. The van der Waals surface area contributed by atoms with Crippen LogP contribution in [0.3, 0.4) is 0 Å². The lowest BCUT2D eigenvalue weighted by molar-refractivity contribution is -0.133. The van der Waals surface area contributed by atoms with Crippen molar-refractivity contribution in [3.05, 3.63) is 82.0 Å². The number of benzene rings is 2. The molecule has 4 rings (SSSR count). The molecule has 1 atom stereocenters. The van der Waals surface area contributed by atoms with E-state index in [4.69, 9.17) is 4.74 Å². The summed E-state index contributed by atoms with van der Waals surface area (Å²) >= 11 is 0. The molecular weight excluding hydrogens is 390 g/mol. The van der Waals surface area contributed by atoms with Crippen LogP contribution in [-0.2, 0) is 14.6 Å². The second kappa shape index (κ2) is 8.13. The second-order valence-corrected chi connectivity index (χ2v) is 8.28. The summed E-state index contributed by atoms with van der Waals surface area (Å²) in [5, 5.41) is 12.8. The van der Waals surface area contributed by atoms with E-state index in [0.29, 0.717) is 17.0 Å². The highest BCUT2D eigenvalue weighted by Crippen LogP contribution is 2.45. The Balaban J connectivity index is 0.00000117. The number of carboxylic acid groups (broad SMARTS) is 1. The first kappa shape index (κ1) is 20.7. The Labute approximate surface area is 170 Å². The number of carbonyl (C=O) groups is 1. The smallest absolute Gasteiger partial charge is 0.334 e. The van der Waals surface area contributed by atoms with Gasteiger partial charge in [0.1, 0.15) is 17.3 Å². The van der Waals surface area contributed by atoms with Crippen LogP contribution in [0.2, 0.25) is 0 Å². The fourth-order valence-corrected chi connectivity index (χ4v) is 5.49. The molecule has 29 heavy (non-hydrogen) atoms. The number of aliphatic carboxylic acids is 1. The lowest BCUT2D eigenvalue weighted by atomic mass is 9.86. The van der Waals surface area contributed by atoms with Gasteiger partial charge in [-0.2, -0.15) is 0 Å². The number of ether oxygens (including phenoxy) is 1. The zero-order valence-corrected chi connectivity index (χ0v) is 17.3. The van der Waals surface area contributed by atoms with Crippen LogP contribution in [0.15, 0.2) is 81.4 Å². The van der Waals surface area contributed by atoms with Crippen molar-refractivity contribution in [2.45, 2.75) is 31.6 Å². The third-order valence-electron chi connectivity index (χ3n) is 4.75. The predicted octanol–water partition coefficient (Wildman–Crippen LogP) is 3.84. The Morgan fingerprint density at radius 2 is 1.69 bits per heavy atom. The van der Waals surface area contributed by atoms with Crippen LogP contribution < -0.4 is 10.1 Å². The van der Waals surface area contributed by atoms with Crippen LogP contribution in [0.4, 0.5) is 0 Å². The molecule has 0 aliphatic carbocycles. The second-order valence-electron chi connectivity index (χ2n) is 6.39. The molecule has 7 heteroatoms. The third-order valence-corrected chi connectivity index (χ3v) is 6.73. The largest absolute Gasteiger partial charge is 0.486 e. The standard InChI is InChI=1S/C20H17NO5S.C2H6/c1-12-17(20(22)23)18(13-7-3-2-4-8-13)19-14(21-12)11-26-15-9-5-6-10-16(15)27(19,24)25;1-2/h2-10,18,21H,11H2,1H3,(H,22,23);1-2H3. The summed E-state index contributed by atoms with van der Waals surface area (Å²) in [4.78, 5) is 12.1. The fourth-order valence-electron chi connectivity index (χ4n) is 3.61. The quantitative estimate of drug-likeness (QED) is 0.777. The van der Waals surface area contributed by atoms with Gasteiger partial charge in [-0.3, -0.25) is 0 Å². The number of fused-ring (bicyclic) bond motifs is 1. The van der Waals surface area contributed by atoms with Crippen LogP contribution in [0.5, 0.6) is 5.75 Å². The van der Waals surface area contributed by atoms with Crippen molar-refractivity contribution in [2.24, 2.45) is 0 Å². The van der Waals surface area contributed by atoms with E-state index >= 15 is 0 Å². The van der Waals surface area contributed by atoms with E-state index in [1.54, 1.807) is 55.5 Å². The average Bonchev–Trinajstić information content (AvgIpc) is 2.83. The monoisotopic (exact) mass is 413 g/mol. The van der Waals surface area contributed by atoms with Gasteiger partial charge in [-0.25, -0.2) is 13.2 Å². The van der Waals surface area contributed by atoms with E-state index in [1.807, 2.05) is 13.8 Å². The van der Waals surface area contributed by atoms with Crippen molar-refractivity contribution >= 4 is 15.8 Å². The fraction of sp³-hybridized carbons (Fsp3) is 0.227. The van der Waals surface area contributed by atoms with Gasteiger partial charge in [-0.05, 0) is 24.6 Å². The minimum absolute atomic E-state index is 0.0130. The maximum absolute atomic E-state index is 13.5. The summed E-state index contributed by atoms with van der Waals surface area (Å²) < 4.78 is 32.8. The summed E-state index contributed by atoms with van der Waals surface area (Å²) in [6.45, 7) is 5.65. The van der Waals surface area contributed by atoms with E-state index < -0.39 is 21.7 Å². The Hall–Kier alpha value is -3.06. The summed E-state index contributed by atoms with van der Waals surface area (Å²) in [6.07, 6.45) is 0. The summed E-state index contributed by atoms with van der Waals surface area (Å²) in [5.74, 6) is -1.82. The lowest BCUT2D eigenvalue weighted by Gasteiger charge is -2.30. The molecule has 2 aliphatic heterocycles. The molecule has 6 nitrogen and oxygen atoms in total. The number of allylic oxidation sites excluding steroid dienone is 2. The maximum atomic E-state index is 13.5. The minimum atomic E-state index is -3.97. The van der Waals surface area contributed by atoms with Crippen LogP contribution in [-0.4, -0.2) is 26.1 Å². The first-order valence-corrected chi connectivity index (χ1v) is 10.9. The Morgan fingerprint density at radius 3 is 2.34 bits per heavy atom. The SMILES string of the molecule is CC.CC1=C(C(=O)O)C(c2ccccc2)C2=C(COc3ccccc3S2(=O)=O)N1. The van der Waals surface area contributed by atoms with E-state index in [1.165, 1.54) is 6.07 Å².